The highest BCUT2D eigenvalue weighted by molar-refractivity contribution is 7.92. The van der Waals surface area contributed by atoms with E-state index in [1.165, 1.54) is 16.4 Å². The zero-order valence-corrected chi connectivity index (χ0v) is 27.0. The first-order valence-corrected chi connectivity index (χ1v) is 17.6. The van der Waals surface area contributed by atoms with Gasteiger partial charge >= 0.3 is 0 Å². The van der Waals surface area contributed by atoms with Gasteiger partial charge in [-0.25, -0.2) is 12.8 Å². The third-order valence-corrected chi connectivity index (χ3v) is 9.25. The van der Waals surface area contributed by atoms with Gasteiger partial charge in [0.05, 0.1) is 18.6 Å². The molecule has 2 amide bonds. The second-order valence-electron chi connectivity index (χ2n) is 11.5. The Morgan fingerprint density at radius 1 is 0.933 bits per heavy atom. The quantitative estimate of drug-likeness (QED) is 0.225. The summed E-state index contributed by atoms with van der Waals surface area (Å²) in [4.78, 5) is 29.6. The van der Waals surface area contributed by atoms with E-state index in [1.54, 1.807) is 41.3 Å². The average Bonchev–Trinajstić information content (AvgIpc) is 3.03. The molecule has 1 atom stereocenters. The van der Waals surface area contributed by atoms with Crippen LogP contribution in [0.5, 0.6) is 5.75 Å². The van der Waals surface area contributed by atoms with Crippen LogP contribution in [0.4, 0.5) is 10.1 Å². The summed E-state index contributed by atoms with van der Waals surface area (Å²) in [6.45, 7) is 2.36. The molecule has 0 heterocycles. The number of anilines is 1. The first-order valence-electron chi connectivity index (χ1n) is 15.7. The molecule has 1 N–H and O–H groups in total. The number of carbonyl (C=O) groups is 2. The lowest BCUT2D eigenvalue weighted by Crippen LogP contribution is -2.52. The van der Waals surface area contributed by atoms with Gasteiger partial charge in [-0.1, -0.05) is 73.9 Å². The van der Waals surface area contributed by atoms with Crippen LogP contribution >= 0.6 is 0 Å². The number of sulfonamides is 1. The number of hydrogen-bond acceptors (Lipinski definition) is 5. The Balaban J connectivity index is 1.59. The number of benzene rings is 3. The summed E-state index contributed by atoms with van der Waals surface area (Å²) in [5.74, 6) is -0.451. The number of carbonyl (C=O) groups excluding carboxylic acids is 2. The second-order valence-corrected chi connectivity index (χ2v) is 13.4. The largest absolute Gasteiger partial charge is 0.492 e. The summed E-state index contributed by atoms with van der Waals surface area (Å²) in [6, 6.07) is 21.6. The van der Waals surface area contributed by atoms with E-state index in [0.717, 1.165) is 43.9 Å². The summed E-state index contributed by atoms with van der Waals surface area (Å²) < 4.78 is 46.4. The van der Waals surface area contributed by atoms with E-state index in [4.69, 9.17) is 4.74 Å². The van der Waals surface area contributed by atoms with E-state index in [0.29, 0.717) is 30.0 Å². The molecule has 4 rings (SSSR count). The van der Waals surface area contributed by atoms with Crippen LogP contribution in [0.25, 0.3) is 0 Å². The minimum Gasteiger partial charge on any atom is -0.492 e. The molecule has 10 heteroatoms. The van der Waals surface area contributed by atoms with Gasteiger partial charge in [0, 0.05) is 32.0 Å². The molecule has 1 aliphatic carbocycles. The van der Waals surface area contributed by atoms with Gasteiger partial charge in [0.15, 0.2) is 0 Å². The number of ether oxygens (including phenoxy) is 1. The highest BCUT2D eigenvalue weighted by Gasteiger charge is 2.32. The van der Waals surface area contributed by atoms with Crippen molar-refractivity contribution in [3.8, 4) is 5.75 Å². The molecule has 1 fully saturated rings. The molecular weight excluding hydrogens is 593 g/mol. The van der Waals surface area contributed by atoms with E-state index >= 15 is 0 Å². The molecule has 0 aromatic heterocycles. The molecule has 8 nitrogen and oxygen atoms in total. The van der Waals surface area contributed by atoms with Gasteiger partial charge in [0.2, 0.25) is 21.8 Å². The number of nitrogens with zero attached hydrogens (tertiary/aromatic N) is 2. The lowest BCUT2D eigenvalue weighted by molar-refractivity contribution is -0.141. The number of nitrogens with one attached hydrogen (secondary N) is 1. The molecule has 0 bridgehead atoms. The van der Waals surface area contributed by atoms with Crippen molar-refractivity contribution < 1.29 is 27.1 Å². The molecule has 242 valence electrons. The van der Waals surface area contributed by atoms with Crippen molar-refractivity contribution in [3.05, 3.63) is 95.8 Å². The lowest BCUT2D eigenvalue weighted by atomic mass is 9.94. The summed E-state index contributed by atoms with van der Waals surface area (Å²) >= 11 is 0. The standard InChI is InChI=1S/C35H44FN3O5S/c1-3-44-33-18-11-10-17-31(33)39(45(2,42)43)24-12-19-34(40)38(26-28-20-22-29(36)23-21-28)32(25-27-13-6-4-7-14-27)35(41)37-30-15-8-5-9-16-30/h4,6-7,10-11,13-14,17-18,20-23,30,32H,3,5,8-9,12,15-16,19,24-26H2,1-2H3,(H,37,41)/t32-/m1/s1. The topological polar surface area (TPSA) is 96.0 Å². The van der Waals surface area contributed by atoms with E-state index in [2.05, 4.69) is 5.32 Å². The van der Waals surface area contributed by atoms with Gasteiger partial charge in [-0.2, -0.15) is 0 Å². The summed E-state index contributed by atoms with van der Waals surface area (Å²) in [6.07, 6.45) is 6.72. The van der Waals surface area contributed by atoms with Gasteiger partial charge in [0.25, 0.3) is 0 Å². The van der Waals surface area contributed by atoms with Gasteiger partial charge in [0.1, 0.15) is 17.6 Å². The van der Waals surface area contributed by atoms with Crippen molar-refractivity contribution in [1.29, 1.82) is 0 Å². The predicted molar refractivity (Wildman–Crippen MR) is 175 cm³/mol. The first kappa shape index (κ1) is 34.0. The third kappa shape index (κ3) is 10.0. The molecule has 1 saturated carbocycles. The van der Waals surface area contributed by atoms with Crippen LogP contribution < -0.4 is 14.4 Å². The van der Waals surface area contributed by atoms with Crippen LogP contribution in [0.15, 0.2) is 78.9 Å². The van der Waals surface area contributed by atoms with Crippen LogP contribution in [0.1, 0.15) is 63.0 Å². The van der Waals surface area contributed by atoms with E-state index < -0.39 is 16.1 Å². The van der Waals surface area contributed by atoms with Crippen LogP contribution in [-0.2, 0) is 32.6 Å². The molecule has 0 unspecified atom stereocenters. The zero-order chi connectivity index (χ0) is 32.2. The maximum atomic E-state index is 14.1. The third-order valence-electron chi connectivity index (χ3n) is 8.07. The molecule has 3 aromatic carbocycles. The number of amides is 2. The van der Waals surface area contributed by atoms with Crippen LogP contribution in [0, 0.1) is 5.82 Å². The summed E-state index contributed by atoms with van der Waals surface area (Å²) in [7, 11) is -3.69. The van der Waals surface area contributed by atoms with Crippen molar-refractivity contribution in [2.45, 2.75) is 76.9 Å². The average molecular weight is 638 g/mol. The minimum absolute atomic E-state index is 0.00597. The maximum absolute atomic E-state index is 14.1. The van der Waals surface area contributed by atoms with Gasteiger partial charge < -0.3 is 15.0 Å². The van der Waals surface area contributed by atoms with Crippen molar-refractivity contribution in [2.75, 3.05) is 23.7 Å². The van der Waals surface area contributed by atoms with Crippen LogP contribution in [-0.4, -0.2) is 56.6 Å². The van der Waals surface area contributed by atoms with Gasteiger partial charge in [-0.15, -0.1) is 0 Å². The number of hydrogen-bond donors (Lipinski definition) is 1. The Hall–Kier alpha value is -3.92. The van der Waals surface area contributed by atoms with Crippen molar-refractivity contribution in [2.24, 2.45) is 0 Å². The number of rotatable bonds is 15. The Bertz CT molecular complexity index is 1500. The molecular formula is C35H44FN3O5S. The molecule has 3 aromatic rings. The van der Waals surface area contributed by atoms with Gasteiger partial charge in [-0.05, 0) is 61.6 Å². The summed E-state index contributed by atoms with van der Waals surface area (Å²) in [5, 5.41) is 3.21. The number of halogens is 1. The molecule has 1 aliphatic rings. The molecule has 0 radical (unpaired) electrons. The normalized spacial score (nSPS) is 14.4. The van der Waals surface area contributed by atoms with Crippen LogP contribution in [0.2, 0.25) is 0 Å². The highest BCUT2D eigenvalue weighted by atomic mass is 32.2. The minimum atomic E-state index is -3.69. The Morgan fingerprint density at radius 3 is 2.27 bits per heavy atom. The van der Waals surface area contributed by atoms with E-state index in [1.807, 2.05) is 37.3 Å². The number of para-hydroxylation sites is 2. The fourth-order valence-corrected chi connectivity index (χ4v) is 6.78. The lowest BCUT2D eigenvalue weighted by Gasteiger charge is -2.34. The summed E-state index contributed by atoms with van der Waals surface area (Å²) in [5.41, 5.74) is 2.01. The maximum Gasteiger partial charge on any atom is 0.243 e. The monoisotopic (exact) mass is 637 g/mol. The first-order chi connectivity index (χ1) is 21.7. The van der Waals surface area contributed by atoms with E-state index in [-0.39, 0.29) is 49.6 Å². The fraction of sp³-hybridized carbons (Fsp3) is 0.429. The Labute approximate surface area is 266 Å². The molecule has 0 spiro atoms. The second kappa shape index (κ2) is 16.4. The highest BCUT2D eigenvalue weighted by Crippen LogP contribution is 2.30. The molecule has 45 heavy (non-hydrogen) atoms. The van der Waals surface area contributed by atoms with Crippen molar-refractivity contribution >= 4 is 27.5 Å². The Kier molecular flexibility index (Phi) is 12.4. The fourth-order valence-electron chi connectivity index (χ4n) is 5.81. The van der Waals surface area contributed by atoms with Crippen molar-refractivity contribution in [3.63, 3.8) is 0 Å². The SMILES string of the molecule is CCOc1ccccc1N(CCCC(=O)N(Cc1ccc(F)cc1)[C@H](Cc1ccccc1)C(=O)NC1CCCCC1)S(C)(=O)=O. The zero-order valence-electron chi connectivity index (χ0n) is 26.2. The molecule has 0 saturated heterocycles. The van der Waals surface area contributed by atoms with Gasteiger partial charge in [-0.3, -0.25) is 13.9 Å². The molecule has 0 aliphatic heterocycles. The predicted octanol–water partition coefficient (Wildman–Crippen LogP) is 5.86. The van der Waals surface area contributed by atoms with E-state index in [9.17, 15) is 22.4 Å². The smallest absolute Gasteiger partial charge is 0.243 e. The van der Waals surface area contributed by atoms with Crippen molar-refractivity contribution in [1.82, 2.24) is 10.2 Å². The Morgan fingerprint density at radius 2 is 1.60 bits per heavy atom. The van der Waals surface area contributed by atoms with Crippen LogP contribution in [0.3, 0.4) is 0 Å².